The lowest BCUT2D eigenvalue weighted by Crippen LogP contribution is -2.39. The Morgan fingerprint density at radius 2 is 2.09 bits per heavy atom. The Kier molecular flexibility index (Phi) is 4.61. The van der Waals surface area contributed by atoms with E-state index >= 15 is 0 Å². The van der Waals surface area contributed by atoms with Gasteiger partial charge in [0.15, 0.2) is 5.78 Å². The summed E-state index contributed by atoms with van der Waals surface area (Å²) in [7, 11) is -2.69. The molecule has 0 radical (unpaired) electrons. The van der Waals surface area contributed by atoms with Crippen molar-refractivity contribution < 1.29 is 22.7 Å². The molecule has 1 atom stereocenters. The van der Waals surface area contributed by atoms with Gasteiger partial charge in [-0.2, -0.15) is 0 Å². The van der Waals surface area contributed by atoms with E-state index in [9.17, 15) is 18.0 Å². The van der Waals surface area contributed by atoms with Crippen molar-refractivity contribution in [3.05, 3.63) is 47.8 Å². The smallest absolute Gasteiger partial charge is 0.355 e. The van der Waals surface area contributed by atoms with Gasteiger partial charge in [-0.25, -0.2) is 17.2 Å². The molecule has 0 N–H and O–H groups in total. The number of nitrogens with zero attached hydrogens (tertiary/aromatic N) is 1. The Hall–Kier alpha value is -2.15. The van der Waals surface area contributed by atoms with Crippen LogP contribution in [0.4, 0.5) is 0 Å². The first kappa shape index (κ1) is 17.2. The van der Waals surface area contributed by atoms with Gasteiger partial charge in [0.05, 0.1) is 7.11 Å². The topological polar surface area (TPSA) is 82.4 Å². The molecule has 0 amide bonds. The van der Waals surface area contributed by atoms with Crippen LogP contribution in [0, 0.1) is 0 Å². The Morgan fingerprint density at radius 3 is 2.61 bits per heavy atom. The second-order valence-corrected chi connectivity index (χ2v) is 7.75. The van der Waals surface area contributed by atoms with E-state index in [1.807, 2.05) is 0 Å². The maximum Gasteiger partial charge on any atom is 0.355 e. The zero-order valence-corrected chi connectivity index (χ0v) is 14.1. The van der Waals surface area contributed by atoms with Gasteiger partial charge in [-0.05, 0) is 25.5 Å². The number of hydrogen-bond donors (Lipinski definition) is 0. The molecule has 1 aliphatic rings. The highest BCUT2D eigenvalue weighted by molar-refractivity contribution is 7.91. The summed E-state index contributed by atoms with van der Waals surface area (Å²) in [6, 6.07) is 2.86. The highest BCUT2D eigenvalue weighted by Crippen LogP contribution is 2.32. The van der Waals surface area contributed by atoms with Gasteiger partial charge in [0.1, 0.15) is 10.4 Å². The number of rotatable bonds is 5. The molecule has 23 heavy (non-hydrogen) atoms. The van der Waals surface area contributed by atoms with Gasteiger partial charge in [0.2, 0.25) is 10.0 Å². The lowest BCUT2D eigenvalue weighted by Gasteiger charge is -2.28. The lowest BCUT2D eigenvalue weighted by molar-refractivity contribution is -0.115. The van der Waals surface area contributed by atoms with E-state index in [1.54, 1.807) is 19.9 Å². The largest absolute Gasteiger partial charge is 0.464 e. The highest BCUT2D eigenvalue weighted by atomic mass is 32.2. The van der Waals surface area contributed by atoms with E-state index in [4.69, 9.17) is 0 Å². The summed E-state index contributed by atoms with van der Waals surface area (Å²) in [6.07, 6.45) is 6.51. The lowest BCUT2D eigenvalue weighted by atomic mass is 9.95. The molecule has 124 valence electrons. The Bertz CT molecular complexity index is 800. The average Bonchev–Trinajstić information content (AvgIpc) is 3.04. The van der Waals surface area contributed by atoms with Crippen molar-refractivity contribution in [1.82, 2.24) is 3.97 Å². The molecule has 0 aliphatic heterocycles. The molecule has 1 heterocycles. The van der Waals surface area contributed by atoms with Crippen LogP contribution in [0.15, 0.2) is 42.1 Å². The van der Waals surface area contributed by atoms with Crippen molar-refractivity contribution in [2.75, 3.05) is 7.11 Å². The number of carbonyl (C=O) groups is 2. The van der Waals surface area contributed by atoms with Crippen LogP contribution < -0.4 is 0 Å². The molecule has 2 rings (SSSR count). The van der Waals surface area contributed by atoms with Crippen LogP contribution in [0.2, 0.25) is 0 Å². The van der Waals surface area contributed by atoms with Crippen LogP contribution in [0.5, 0.6) is 0 Å². The monoisotopic (exact) mass is 337 g/mol. The molecule has 0 spiro atoms. The minimum Gasteiger partial charge on any atom is -0.464 e. The second-order valence-electron chi connectivity index (χ2n) is 5.47. The van der Waals surface area contributed by atoms with Crippen molar-refractivity contribution in [2.45, 2.75) is 31.4 Å². The van der Waals surface area contributed by atoms with E-state index in [0.29, 0.717) is 12.0 Å². The molecule has 1 unspecified atom stereocenters. The average molecular weight is 337 g/mol. The van der Waals surface area contributed by atoms with Crippen LogP contribution in [-0.4, -0.2) is 36.0 Å². The first-order valence-electron chi connectivity index (χ1n) is 7.20. The fraction of sp³-hybridized carbons (Fsp3) is 0.375. The fourth-order valence-corrected chi connectivity index (χ4v) is 3.99. The standard InChI is InChI=1S/C16H19NO5S/c1-4-14(18)12-7-9-16(2,10-8-12)23(20,21)17-11-5-6-13(17)15(19)22-3/h5-9,11H,4,10H2,1-3H3. The zero-order chi connectivity index (χ0) is 17.3. The maximum absolute atomic E-state index is 12.9. The normalized spacial score (nSPS) is 20.9. The third-order valence-electron chi connectivity index (χ3n) is 3.94. The molecular weight excluding hydrogens is 318 g/mol. The van der Waals surface area contributed by atoms with Gasteiger partial charge in [-0.15, -0.1) is 0 Å². The molecule has 6 nitrogen and oxygen atoms in total. The molecule has 1 aliphatic carbocycles. The van der Waals surface area contributed by atoms with Crippen molar-refractivity contribution in [3.63, 3.8) is 0 Å². The molecular formula is C16H19NO5S. The Balaban J connectivity index is 2.41. The molecule has 0 fully saturated rings. The van der Waals surface area contributed by atoms with Crippen LogP contribution >= 0.6 is 0 Å². The summed E-state index contributed by atoms with van der Waals surface area (Å²) in [4.78, 5) is 23.4. The Morgan fingerprint density at radius 1 is 1.39 bits per heavy atom. The second kappa shape index (κ2) is 6.16. The van der Waals surface area contributed by atoms with Crippen LogP contribution in [0.25, 0.3) is 0 Å². The minimum atomic E-state index is -3.89. The van der Waals surface area contributed by atoms with Gasteiger partial charge in [-0.3, -0.25) is 4.79 Å². The molecule has 1 aromatic rings. The van der Waals surface area contributed by atoms with Crippen molar-refractivity contribution in [2.24, 2.45) is 0 Å². The third-order valence-corrected chi connectivity index (χ3v) is 6.26. The number of methoxy groups -OCH3 is 1. The van der Waals surface area contributed by atoms with Gasteiger partial charge >= 0.3 is 5.97 Å². The molecule has 7 heteroatoms. The minimum absolute atomic E-state index is 0.0306. The van der Waals surface area contributed by atoms with Crippen LogP contribution in [0.3, 0.4) is 0 Å². The summed E-state index contributed by atoms with van der Waals surface area (Å²) in [6.45, 7) is 3.31. The maximum atomic E-state index is 12.9. The fourth-order valence-electron chi connectivity index (χ4n) is 2.38. The first-order valence-corrected chi connectivity index (χ1v) is 8.64. The number of ketones is 1. The molecule has 1 aromatic heterocycles. The van der Waals surface area contributed by atoms with Gasteiger partial charge in [0, 0.05) is 18.2 Å². The Labute approximate surface area is 135 Å². The summed E-state index contributed by atoms with van der Waals surface area (Å²) < 4.78 is 30.2. The van der Waals surface area contributed by atoms with Crippen molar-refractivity contribution >= 4 is 21.8 Å². The summed E-state index contributed by atoms with van der Waals surface area (Å²) in [5, 5.41) is 0. The number of Topliss-reactive ketones (excluding diaryl/α,β-unsaturated/α-hetero) is 1. The molecule has 0 saturated heterocycles. The number of ether oxygens (including phenoxy) is 1. The van der Waals surface area contributed by atoms with E-state index in [-0.39, 0.29) is 17.9 Å². The van der Waals surface area contributed by atoms with E-state index < -0.39 is 20.7 Å². The van der Waals surface area contributed by atoms with Gasteiger partial charge < -0.3 is 4.74 Å². The van der Waals surface area contributed by atoms with Crippen molar-refractivity contribution in [1.29, 1.82) is 0 Å². The summed E-state index contributed by atoms with van der Waals surface area (Å²) >= 11 is 0. The van der Waals surface area contributed by atoms with E-state index in [2.05, 4.69) is 4.74 Å². The number of carbonyl (C=O) groups excluding carboxylic acids is 2. The summed E-state index contributed by atoms with van der Waals surface area (Å²) in [5.74, 6) is -0.753. The number of esters is 1. The third kappa shape index (κ3) is 2.88. The SMILES string of the molecule is CCC(=O)C1=CCC(C)(S(=O)(=O)n2cccc2C(=O)OC)C=C1. The number of allylic oxidation sites excluding steroid dienone is 3. The summed E-state index contributed by atoms with van der Waals surface area (Å²) in [5.41, 5.74) is 0.461. The molecule has 0 saturated carbocycles. The quantitative estimate of drug-likeness (QED) is 0.768. The first-order chi connectivity index (χ1) is 10.8. The number of hydrogen-bond acceptors (Lipinski definition) is 5. The van der Waals surface area contributed by atoms with E-state index in [1.165, 1.54) is 37.6 Å². The van der Waals surface area contributed by atoms with Gasteiger partial charge in [-0.1, -0.05) is 25.2 Å². The van der Waals surface area contributed by atoms with Crippen LogP contribution in [-0.2, 0) is 19.6 Å². The zero-order valence-electron chi connectivity index (χ0n) is 13.3. The highest BCUT2D eigenvalue weighted by Gasteiger charge is 2.40. The van der Waals surface area contributed by atoms with Gasteiger partial charge in [0.25, 0.3) is 0 Å². The molecule has 0 aromatic carbocycles. The molecule has 0 bridgehead atoms. The van der Waals surface area contributed by atoms with E-state index in [0.717, 1.165) is 3.97 Å². The van der Waals surface area contributed by atoms with Crippen molar-refractivity contribution in [3.8, 4) is 0 Å². The predicted octanol–water partition coefficient (Wildman–Crippen LogP) is 2.08. The number of aromatic nitrogens is 1. The van der Waals surface area contributed by atoms with Crippen LogP contribution in [0.1, 0.15) is 37.2 Å². The predicted molar refractivity (Wildman–Crippen MR) is 85.6 cm³/mol.